The fraction of sp³-hybridized carbons (Fsp3) is 0.231. The number of halogens is 3. The van der Waals surface area contributed by atoms with Gasteiger partial charge in [-0.3, -0.25) is 4.40 Å². The molecule has 0 aliphatic carbocycles. The first-order valence-corrected chi connectivity index (χ1v) is 11.1. The highest BCUT2D eigenvalue weighted by molar-refractivity contribution is 5.90. The SMILES string of the molecule is CC1(c2cccc(-c3ccn4c(-c5cccc(NC(=O)NCC(F)(F)F)c5)cnc4c3)c2)CCO1. The summed E-state index contributed by atoms with van der Waals surface area (Å²) in [4.78, 5) is 16.3. The van der Waals surface area contributed by atoms with E-state index in [1.807, 2.05) is 34.9 Å². The highest BCUT2D eigenvalue weighted by atomic mass is 19.4. The maximum Gasteiger partial charge on any atom is 0.405 e. The number of aromatic nitrogens is 2. The molecule has 4 aromatic rings. The Labute approximate surface area is 199 Å². The lowest BCUT2D eigenvalue weighted by atomic mass is 9.87. The lowest BCUT2D eigenvalue weighted by Gasteiger charge is -2.39. The maximum atomic E-state index is 12.3. The van der Waals surface area contributed by atoms with Crippen molar-refractivity contribution in [3.8, 4) is 22.4 Å². The van der Waals surface area contributed by atoms with Gasteiger partial charge in [-0.2, -0.15) is 13.2 Å². The largest absolute Gasteiger partial charge is 0.405 e. The smallest absolute Gasteiger partial charge is 0.370 e. The van der Waals surface area contributed by atoms with Gasteiger partial charge >= 0.3 is 12.2 Å². The molecule has 1 fully saturated rings. The molecule has 0 bridgehead atoms. The van der Waals surface area contributed by atoms with E-state index in [1.54, 1.807) is 29.7 Å². The van der Waals surface area contributed by atoms with Crippen LogP contribution in [0.5, 0.6) is 0 Å². The monoisotopic (exact) mass is 480 g/mol. The van der Waals surface area contributed by atoms with Gasteiger partial charge in [-0.05, 0) is 53.9 Å². The minimum atomic E-state index is -4.47. The Morgan fingerprint density at radius 3 is 2.57 bits per heavy atom. The molecule has 1 saturated heterocycles. The lowest BCUT2D eigenvalue weighted by Crippen LogP contribution is -2.37. The van der Waals surface area contributed by atoms with Gasteiger partial charge in [0.2, 0.25) is 0 Å². The number of rotatable bonds is 5. The summed E-state index contributed by atoms with van der Waals surface area (Å²) in [7, 11) is 0. The van der Waals surface area contributed by atoms with Crippen LogP contribution in [-0.2, 0) is 10.3 Å². The summed E-state index contributed by atoms with van der Waals surface area (Å²) in [6.45, 7) is 1.48. The zero-order valence-corrected chi connectivity index (χ0v) is 18.9. The third-order valence-corrected chi connectivity index (χ3v) is 6.19. The molecule has 9 heteroatoms. The topological polar surface area (TPSA) is 67.7 Å². The van der Waals surface area contributed by atoms with E-state index in [-0.39, 0.29) is 5.60 Å². The summed E-state index contributed by atoms with van der Waals surface area (Å²) >= 11 is 0. The van der Waals surface area contributed by atoms with E-state index in [0.29, 0.717) is 5.69 Å². The summed E-state index contributed by atoms with van der Waals surface area (Å²) < 4.78 is 44.7. The number of anilines is 1. The molecule has 0 spiro atoms. The van der Waals surface area contributed by atoms with Crippen molar-refractivity contribution in [1.82, 2.24) is 14.7 Å². The van der Waals surface area contributed by atoms with Gasteiger partial charge < -0.3 is 15.4 Å². The van der Waals surface area contributed by atoms with Crippen molar-refractivity contribution >= 4 is 17.4 Å². The highest BCUT2D eigenvalue weighted by Gasteiger charge is 2.35. The standard InChI is InChI=1S/C26H23F3N4O2/c1-25(9-11-35-25)20-6-2-4-17(12-20)18-8-10-33-22(15-30-23(33)14-18)19-5-3-7-21(13-19)32-24(34)31-16-26(27,28)29/h2-8,10,12-15H,9,11,16H2,1H3,(H2,31,32,34). The van der Waals surface area contributed by atoms with Gasteiger partial charge in [0, 0.05) is 23.9 Å². The van der Waals surface area contributed by atoms with Crippen LogP contribution < -0.4 is 10.6 Å². The quantitative estimate of drug-likeness (QED) is 0.369. The molecule has 6 nitrogen and oxygen atoms in total. The molecule has 2 N–H and O–H groups in total. The highest BCUT2D eigenvalue weighted by Crippen LogP contribution is 2.38. The first kappa shape index (κ1) is 22.9. The Kier molecular flexibility index (Phi) is 5.72. The molecule has 2 amide bonds. The molecular formula is C26H23F3N4O2. The van der Waals surface area contributed by atoms with Crippen LogP contribution in [0.2, 0.25) is 0 Å². The molecule has 0 radical (unpaired) electrons. The van der Waals surface area contributed by atoms with Crippen molar-refractivity contribution in [2.75, 3.05) is 18.5 Å². The molecule has 35 heavy (non-hydrogen) atoms. The zero-order valence-electron chi connectivity index (χ0n) is 18.9. The van der Waals surface area contributed by atoms with Gasteiger partial charge in [0.1, 0.15) is 12.2 Å². The van der Waals surface area contributed by atoms with Crippen molar-refractivity contribution in [3.05, 3.63) is 78.6 Å². The molecule has 2 aromatic carbocycles. The van der Waals surface area contributed by atoms with Crippen molar-refractivity contribution in [1.29, 1.82) is 0 Å². The number of urea groups is 1. The number of hydrogen-bond acceptors (Lipinski definition) is 3. The molecule has 0 saturated carbocycles. The number of hydrogen-bond donors (Lipinski definition) is 2. The summed E-state index contributed by atoms with van der Waals surface area (Å²) in [6, 6.07) is 18.3. The van der Waals surface area contributed by atoms with Crippen molar-refractivity contribution in [2.24, 2.45) is 0 Å². The summed E-state index contributed by atoms with van der Waals surface area (Å²) in [6.07, 6.45) is 0.175. The average molecular weight is 480 g/mol. The third-order valence-electron chi connectivity index (χ3n) is 6.19. The van der Waals surface area contributed by atoms with Gasteiger partial charge in [0.15, 0.2) is 0 Å². The van der Waals surface area contributed by atoms with E-state index in [9.17, 15) is 18.0 Å². The number of imidazole rings is 1. The lowest BCUT2D eigenvalue weighted by molar-refractivity contribution is -0.140. The van der Waals surface area contributed by atoms with Gasteiger partial charge in [-0.1, -0.05) is 30.3 Å². The second-order valence-electron chi connectivity index (χ2n) is 8.70. The first-order chi connectivity index (χ1) is 16.7. The molecule has 2 aromatic heterocycles. The van der Waals surface area contributed by atoms with Crippen LogP contribution in [0.4, 0.5) is 23.7 Å². The normalized spacial score (nSPS) is 17.7. The number of amides is 2. The predicted molar refractivity (Wildman–Crippen MR) is 127 cm³/mol. The van der Waals surface area contributed by atoms with Gasteiger partial charge in [-0.25, -0.2) is 9.78 Å². The molecule has 5 rings (SSSR count). The van der Waals surface area contributed by atoms with Crippen LogP contribution in [0.25, 0.3) is 28.0 Å². The number of fused-ring (bicyclic) bond motifs is 1. The third kappa shape index (κ3) is 4.85. The second kappa shape index (κ2) is 8.74. The van der Waals surface area contributed by atoms with E-state index >= 15 is 0 Å². The Morgan fingerprint density at radius 2 is 1.83 bits per heavy atom. The maximum absolute atomic E-state index is 12.3. The van der Waals surface area contributed by atoms with E-state index in [2.05, 4.69) is 35.4 Å². The fourth-order valence-electron chi connectivity index (χ4n) is 4.15. The second-order valence-corrected chi connectivity index (χ2v) is 8.70. The molecule has 180 valence electrons. The molecule has 3 heterocycles. The van der Waals surface area contributed by atoms with Crippen molar-refractivity contribution in [3.63, 3.8) is 0 Å². The number of carbonyl (C=O) groups is 1. The Bertz CT molecular complexity index is 1390. The van der Waals surface area contributed by atoms with Crippen LogP contribution in [0.3, 0.4) is 0 Å². The zero-order chi connectivity index (χ0) is 24.6. The molecule has 1 unspecified atom stereocenters. The van der Waals surface area contributed by atoms with Gasteiger partial charge in [0.25, 0.3) is 0 Å². The Balaban J connectivity index is 1.38. The molecular weight excluding hydrogens is 457 g/mol. The van der Waals surface area contributed by atoms with Crippen LogP contribution in [0, 0.1) is 0 Å². The van der Waals surface area contributed by atoms with Gasteiger partial charge in [0.05, 0.1) is 24.1 Å². The van der Waals surface area contributed by atoms with Crippen LogP contribution in [0.1, 0.15) is 18.9 Å². The van der Waals surface area contributed by atoms with Crippen LogP contribution in [-0.4, -0.2) is 34.7 Å². The number of pyridine rings is 1. The van der Waals surface area contributed by atoms with E-state index < -0.39 is 18.8 Å². The summed E-state index contributed by atoms with van der Waals surface area (Å²) in [5, 5.41) is 4.23. The van der Waals surface area contributed by atoms with Crippen LogP contribution in [0.15, 0.2) is 73.1 Å². The van der Waals surface area contributed by atoms with Gasteiger partial charge in [-0.15, -0.1) is 0 Å². The number of alkyl halides is 3. The minimum absolute atomic E-state index is 0.233. The summed E-state index contributed by atoms with van der Waals surface area (Å²) in [5.74, 6) is 0. The van der Waals surface area contributed by atoms with E-state index in [0.717, 1.165) is 46.6 Å². The number of carbonyl (C=O) groups excluding carboxylic acids is 1. The first-order valence-electron chi connectivity index (χ1n) is 11.1. The predicted octanol–water partition coefficient (Wildman–Crippen LogP) is 5.99. The van der Waals surface area contributed by atoms with Crippen LogP contribution >= 0.6 is 0 Å². The Morgan fingerprint density at radius 1 is 1.09 bits per heavy atom. The Hall–Kier alpha value is -3.85. The minimum Gasteiger partial charge on any atom is -0.370 e. The van der Waals surface area contributed by atoms with E-state index in [4.69, 9.17) is 4.74 Å². The number of ether oxygens (including phenoxy) is 1. The fourth-order valence-corrected chi connectivity index (χ4v) is 4.15. The van der Waals surface area contributed by atoms with Crippen molar-refractivity contribution in [2.45, 2.75) is 25.1 Å². The summed E-state index contributed by atoms with van der Waals surface area (Å²) in [5.41, 5.74) is 5.68. The number of nitrogens with one attached hydrogen (secondary N) is 2. The molecule has 1 aliphatic heterocycles. The molecule has 1 atom stereocenters. The van der Waals surface area contributed by atoms with E-state index in [1.165, 1.54) is 0 Å². The molecule has 1 aliphatic rings. The number of benzene rings is 2. The average Bonchev–Trinajstić information content (AvgIpc) is 3.24. The number of nitrogens with zero attached hydrogens (tertiary/aromatic N) is 2. The van der Waals surface area contributed by atoms with Crippen molar-refractivity contribution < 1.29 is 22.7 Å².